The van der Waals surface area contributed by atoms with Gasteiger partial charge in [-0.2, -0.15) is 0 Å². The standard InChI is InChI=1S/C15H16ClN3O/c1-10-7-13(9-19-14(10)16)18-8-11-3-5-12(6-4-11)15(20)17-2/h3-7,9,18H,8H2,1-2H3,(H,17,20). The zero-order valence-corrected chi connectivity index (χ0v) is 12.2. The topological polar surface area (TPSA) is 54.0 Å². The second kappa shape index (κ2) is 6.39. The molecule has 0 atom stereocenters. The van der Waals surface area contributed by atoms with E-state index >= 15 is 0 Å². The Bertz CT molecular complexity index is 611. The van der Waals surface area contributed by atoms with Crippen molar-refractivity contribution in [3.8, 4) is 0 Å². The number of rotatable bonds is 4. The molecule has 1 amide bonds. The van der Waals surface area contributed by atoms with Gasteiger partial charge >= 0.3 is 0 Å². The average Bonchev–Trinajstić information content (AvgIpc) is 2.48. The molecule has 0 bridgehead atoms. The third-order valence-corrected chi connectivity index (χ3v) is 3.35. The van der Waals surface area contributed by atoms with Crippen molar-refractivity contribution < 1.29 is 4.79 Å². The Labute approximate surface area is 123 Å². The van der Waals surface area contributed by atoms with Crippen LogP contribution in [0.15, 0.2) is 36.5 Å². The highest BCUT2D eigenvalue weighted by molar-refractivity contribution is 6.30. The van der Waals surface area contributed by atoms with Crippen LogP contribution in [0.25, 0.3) is 0 Å². The zero-order valence-electron chi connectivity index (χ0n) is 11.4. The first-order valence-electron chi connectivity index (χ1n) is 6.27. The number of hydrogen-bond acceptors (Lipinski definition) is 3. The highest BCUT2D eigenvalue weighted by Gasteiger charge is 2.03. The Hall–Kier alpha value is -2.07. The van der Waals surface area contributed by atoms with Crippen molar-refractivity contribution in [1.82, 2.24) is 10.3 Å². The van der Waals surface area contributed by atoms with Crippen LogP contribution in [0.5, 0.6) is 0 Å². The quantitative estimate of drug-likeness (QED) is 0.851. The van der Waals surface area contributed by atoms with Gasteiger partial charge in [0.1, 0.15) is 5.15 Å². The molecule has 0 saturated carbocycles. The highest BCUT2D eigenvalue weighted by atomic mass is 35.5. The summed E-state index contributed by atoms with van der Waals surface area (Å²) in [4.78, 5) is 15.5. The summed E-state index contributed by atoms with van der Waals surface area (Å²) in [6.07, 6.45) is 1.70. The minimum Gasteiger partial charge on any atom is -0.380 e. The number of hydrogen-bond donors (Lipinski definition) is 2. The lowest BCUT2D eigenvalue weighted by molar-refractivity contribution is 0.0963. The average molecular weight is 290 g/mol. The van der Waals surface area contributed by atoms with Crippen LogP contribution < -0.4 is 10.6 Å². The van der Waals surface area contributed by atoms with Crippen LogP contribution in [0.4, 0.5) is 5.69 Å². The highest BCUT2D eigenvalue weighted by Crippen LogP contribution is 2.16. The smallest absolute Gasteiger partial charge is 0.251 e. The molecule has 0 saturated heterocycles. The maximum Gasteiger partial charge on any atom is 0.251 e. The molecule has 0 unspecified atom stereocenters. The maximum atomic E-state index is 11.4. The predicted molar refractivity (Wildman–Crippen MR) is 81.1 cm³/mol. The summed E-state index contributed by atoms with van der Waals surface area (Å²) in [5.41, 5.74) is 3.60. The molecule has 0 aliphatic rings. The Morgan fingerprint density at radius 2 is 2.00 bits per heavy atom. The van der Waals surface area contributed by atoms with E-state index in [1.807, 2.05) is 25.1 Å². The van der Waals surface area contributed by atoms with Crippen LogP contribution >= 0.6 is 11.6 Å². The number of nitrogens with zero attached hydrogens (tertiary/aromatic N) is 1. The minimum atomic E-state index is -0.0814. The van der Waals surface area contributed by atoms with Crippen molar-refractivity contribution >= 4 is 23.2 Å². The van der Waals surface area contributed by atoms with Crippen molar-refractivity contribution in [2.45, 2.75) is 13.5 Å². The van der Waals surface area contributed by atoms with Crippen LogP contribution in [0, 0.1) is 6.92 Å². The second-order valence-corrected chi connectivity index (χ2v) is 4.82. The van der Waals surface area contributed by atoms with E-state index in [2.05, 4.69) is 15.6 Å². The number of anilines is 1. The summed E-state index contributed by atoms with van der Waals surface area (Å²) >= 11 is 5.88. The van der Waals surface area contributed by atoms with Crippen molar-refractivity contribution in [2.24, 2.45) is 0 Å². The second-order valence-electron chi connectivity index (χ2n) is 4.46. The van der Waals surface area contributed by atoms with Gasteiger partial charge in [-0.25, -0.2) is 4.98 Å². The SMILES string of the molecule is CNC(=O)c1ccc(CNc2cnc(Cl)c(C)c2)cc1. The molecule has 0 aliphatic carbocycles. The first-order chi connectivity index (χ1) is 9.60. The first-order valence-corrected chi connectivity index (χ1v) is 6.65. The maximum absolute atomic E-state index is 11.4. The normalized spacial score (nSPS) is 10.2. The van der Waals surface area contributed by atoms with Gasteiger partial charge in [-0.1, -0.05) is 23.7 Å². The number of amides is 1. The summed E-state index contributed by atoms with van der Waals surface area (Å²) in [5.74, 6) is -0.0814. The van der Waals surface area contributed by atoms with Crippen LogP contribution in [0.2, 0.25) is 5.15 Å². The minimum absolute atomic E-state index is 0.0814. The zero-order chi connectivity index (χ0) is 14.5. The van der Waals surface area contributed by atoms with Crippen LogP contribution in [0.3, 0.4) is 0 Å². The molecule has 1 heterocycles. The van der Waals surface area contributed by atoms with Gasteiger partial charge in [0.25, 0.3) is 5.91 Å². The van der Waals surface area contributed by atoms with Gasteiger partial charge in [-0.05, 0) is 36.2 Å². The fraction of sp³-hybridized carbons (Fsp3) is 0.200. The van der Waals surface area contributed by atoms with Gasteiger partial charge in [0.05, 0.1) is 11.9 Å². The summed E-state index contributed by atoms with van der Waals surface area (Å²) in [6.45, 7) is 2.58. The molecule has 0 fully saturated rings. The number of carbonyl (C=O) groups excluding carboxylic acids is 1. The number of carbonyl (C=O) groups is 1. The Kier molecular flexibility index (Phi) is 4.58. The molecule has 0 radical (unpaired) electrons. The van der Waals surface area contributed by atoms with Crippen molar-refractivity contribution in [3.05, 3.63) is 58.4 Å². The fourth-order valence-electron chi connectivity index (χ4n) is 1.78. The van der Waals surface area contributed by atoms with E-state index in [4.69, 9.17) is 11.6 Å². The van der Waals surface area contributed by atoms with E-state index < -0.39 is 0 Å². The van der Waals surface area contributed by atoms with Gasteiger partial charge < -0.3 is 10.6 Å². The number of benzene rings is 1. The third-order valence-electron chi connectivity index (χ3n) is 2.95. The molecule has 5 heteroatoms. The first kappa shape index (κ1) is 14.3. The summed E-state index contributed by atoms with van der Waals surface area (Å²) in [5, 5.41) is 6.38. The number of nitrogens with one attached hydrogen (secondary N) is 2. The van der Waals surface area contributed by atoms with E-state index in [1.165, 1.54) is 0 Å². The van der Waals surface area contributed by atoms with Gasteiger partial charge in [-0.15, -0.1) is 0 Å². The van der Waals surface area contributed by atoms with E-state index in [1.54, 1.807) is 25.4 Å². The largest absolute Gasteiger partial charge is 0.380 e. The lowest BCUT2D eigenvalue weighted by atomic mass is 10.1. The van der Waals surface area contributed by atoms with Gasteiger partial charge in [0.15, 0.2) is 0 Å². The Morgan fingerprint density at radius 1 is 1.30 bits per heavy atom. The van der Waals surface area contributed by atoms with E-state index in [0.29, 0.717) is 17.3 Å². The molecular formula is C15H16ClN3O. The molecule has 0 spiro atoms. The molecule has 1 aromatic carbocycles. The molecule has 2 aromatic rings. The molecular weight excluding hydrogens is 274 g/mol. The summed E-state index contributed by atoms with van der Waals surface area (Å²) in [7, 11) is 1.62. The van der Waals surface area contributed by atoms with E-state index in [-0.39, 0.29) is 5.91 Å². The molecule has 2 rings (SSSR count). The van der Waals surface area contributed by atoms with Crippen molar-refractivity contribution in [1.29, 1.82) is 0 Å². The number of aryl methyl sites for hydroxylation is 1. The van der Waals surface area contributed by atoms with Gasteiger partial charge in [-0.3, -0.25) is 4.79 Å². The summed E-state index contributed by atoms with van der Waals surface area (Å²) in [6, 6.07) is 9.41. The predicted octanol–water partition coefficient (Wildman–Crippen LogP) is 3.02. The molecule has 104 valence electrons. The van der Waals surface area contributed by atoms with Gasteiger partial charge in [0, 0.05) is 19.2 Å². The van der Waals surface area contributed by atoms with E-state index in [0.717, 1.165) is 16.8 Å². The fourth-order valence-corrected chi connectivity index (χ4v) is 1.88. The van der Waals surface area contributed by atoms with Crippen LogP contribution in [0.1, 0.15) is 21.5 Å². The third kappa shape index (κ3) is 3.48. The van der Waals surface area contributed by atoms with Crippen molar-refractivity contribution in [3.63, 3.8) is 0 Å². The number of aromatic nitrogens is 1. The molecule has 4 nitrogen and oxygen atoms in total. The van der Waals surface area contributed by atoms with E-state index in [9.17, 15) is 4.79 Å². The molecule has 1 aromatic heterocycles. The Balaban J connectivity index is 2.00. The molecule has 20 heavy (non-hydrogen) atoms. The lowest BCUT2D eigenvalue weighted by Gasteiger charge is -2.08. The Morgan fingerprint density at radius 3 is 2.60 bits per heavy atom. The monoisotopic (exact) mass is 289 g/mol. The van der Waals surface area contributed by atoms with Gasteiger partial charge in [0.2, 0.25) is 0 Å². The van der Waals surface area contributed by atoms with Crippen LogP contribution in [-0.2, 0) is 6.54 Å². The molecule has 0 aliphatic heterocycles. The summed E-state index contributed by atoms with van der Waals surface area (Å²) < 4.78 is 0. The molecule has 2 N–H and O–H groups in total. The number of halogens is 1. The van der Waals surface area contributed by atoms with Crippen LogP contribution in [-0.4, -0.2) is 17.9 Å². The van der Waals surface area contributed by atoms with Crippen molar-refractivity contribution in [2.75, 3.05) is 12.4 Å². The lowest BCUT2D eigenvalue weighted by Crippen LogP contribution is -2.17. The number of pyridine rings is 1.